The highest BCUT2D eigenvalue weighted by Crippen LogP contribution is 2.33. The second-order valence-corrected chi connectivity index (χ2v) is 7.68. The number of fused-ring (bicyclic) bond motifs is 1. The standard InChI is InChI=1S/C21H21ClN4O3/c1-24-17-11-15(23-19(27)13-5-7-14(22)8-6-13)16(26-9-3-4-10-26)12-18(17)25(2)21(29)20(24)28/h5-8,11-12H,3-4,9-10H2,1-2H3,(H,23,27). The van der Waals surface area contributed by atoms with Gasteiger partial charge >= 0.3 is 11.1 Å². The zero-order valence-electron chi connectivity index (χ0n) is 16.2. The molecular weight excluding hydrogens is 392 g/mol. The molecule has 1 aliphatic rings. The Kier molecular flexibility index (Phi) is 4.92. The first-order chi connectivity index (χ1) is 13.9. The Labute approximate surface area is 172 Å². The first-order valence-corrected chi connectivity index (χ1v) is 9.80. The van der Waals surface area contributed by atoms with Crippen molar-refractivity contribution in [1.29, 1.82) is 0 Å². The molecule has 0 aliphatic carbocycles. The molecule has 0 saturated carbocycles. The maximum absolute atomic E-state index is 12.8. The molecule has 1 amide bonds. The van der Waals surface area contributed by atoms with Crippen LogP contribution in [0.2, 0.25) is 5.02 Å². The molecule has 29 heavy (non-hydrogen) atoms. The molecule has 2 aromatic carbocycles. The Morgan fingerprint density at radius 2 is 1.48 bits per heavy atom. The summed E-state index contributed by atoms with van der Waals surface area (Å²) in [4.78, 5) is 39.5. The minimum Gasteiger partial charge on any atom is -0.370 e. The average Bonchev–Trinajstić information content (AvgIpc) is 3.25. The Hall–Kier alpha value is -3.06. The first kappa shape index (κ1) is 19.3. The number of carbonyl (C=O) groups is 1. The van der Waals surface area contributed by atoms with E-state index in [-0.39, 0.29) is 5.91 Å². The van der Waals surface area contributed by atoms with Crippen LogP contribution in [0.1, 0.15) is 23.2 Å². The molecule has 0 unspecified atom stereocenters. The minimum atomic E-state index is -0.607. The van der Waals surface area contributed by atoms with Crippen LogP contribution in [0, 0.1) is 0 Å². The summed E-state index contributed by atoms with van der Waals surface area (Å²) in [5, 5.41) is 3.53. The second kappa shape index (κ2) is 7.40. The van der Waals surface area contributed by atoms with E-state index in [2.05, 4.69) is 10.2 Å². The van der Waals surface area contributed by atoms with E-state index in [1.807, 2.05) is 6.07 Å². The number of hydrogen-bond acceptors (Lipinski definition) is 4. The Morgan fingerprint density at radius 3 is 2.07 bits per heavy atom. The second-order valence-electron chi connectivity index (χ2n) is 7.24. The van der Waals surface area contributed by atoms with Gasteiger partial charge in [-0.25, -0.2) is 0 Å². The van der Waals surface area contributed by atoms with Gasteiger partial charge in [0.05, 0.1) is 22.4 Å². The van der Waals surface area contributed by atoms with Gasteiger partial charge in [0.1, 0.15) is 0 Å². The number of rotatable bonds is 3. The quantitative estimate of drug-likeness (QED) is 0.671. The molecule has 1 aliphatic heterocycles. The molecule has 1 fully saturated rings. The number of halogens is 1. The van der Waals surface area contributed by atoms with Crippen molar-refractivity contribution in [2.24, 2.45) is 14.1 Å². The molecule has 0 bridgehead atoms. The van der Waals surface area contributed by atoms with Crippen LogP contribution >= 0.6 is 11.6 Å². The largest absolute Gasteiger partial charge is 0.370 e. The van der Waals surface area contributed by atoms with E-state index >= 15 is 0 Å². The summed E-state index contributed by atoms with van der Waals surface area (Å²) in [5.41, 5.74) is 1.96. The van der Waals surface area contributed by atoms with Crippen molar-refractivity contribution in [2.75, 3.05) is 23.3 Å². The number of nitrogens with zero attached hydrogens (tertiary/aromatic N) is 3. The molecule has 4 rings (SSSR count). The topological polar surface area (TPSA) is 76.3 Å². The molecule has 1 aromatic heterocycles. The van der Waals surface area contributed by atoms with Crippen molar-refractivity contribution in [2.45, 2.75) is 12.8 Å². The Morgan fingerprint density at radius 1 is 0.931 bits per heavy atom. The third-order valence-corrected chi connectivity index (χ3v) is 5.66. The summed E-state index contributed by atoms with van der Waals surface area (Å²) in [5.74, 6) is -0.267. The number of carbonyl (C=O) groups excluding carboxylic acids is 1. The fourth-order valence-corrected chi connectivity index (χ4v) is 3.85. The summed E-state index contributed by atoms with van der Waals surface area (Å²) in [6.07, 6.45) is 2.13. The van der Waals surface area contributed by atoms with Crippen LogP contribution in [-0.4, -0.2) is 28.1 Å². The Balaban J connectivity index is 1.87. The van der Waals surface area contributed by atoms with Crippen molar-refractivity contribution < 1.29 is 4.79 Å². The van der Waals surface area contributed by atoms with E-state index in [4.69, 9.17) is 11.6 Å². The van der Waals surface area contributed by atoms with Gasteiger partial charge in [-0.1, -0.05) is 11.6 Å². The maximum atomic E-state index is 12.8. The lowest BCUT2D eigenvalue weighted by Crippen LogP contribution is -2.39. The highest BCUT2D eigenvalue weighted by Gasteiger charge is 2.20. The maximum Gasteiger partial charge on any atom is 0.316 e. The minimum absolute atomic E-state index is 0.267. The van der Waals surface area contributed by atoms with Crippen LogP contribution in [-0.2, 0) is 14.1 Å². The number of nitrogens with one attached hydrogen (secondary N) is 1. The van der Waals surface area contributed by atoms with Crippen LogP contribution in [0.25, 0.3) is 11.0 Å². The smallest absolute Gasteiger partial charge is 0.316 e. The van der Waals surface area contributed by atoms with Crippen molar-refractivity contribution >= 4 is 39.9 Å². The molecule has 7 nitrogen and oxygen atoms in total. The van der Waals surface area contributed by atoms with Gasteiger partial charge in [-0.05, 0) is 49.2 Å². The van der Waals surface area contributed by atoms with Crippen molar-refractivity contribution in [3.63, 3.8) is 0 Å². The van der Waals surface area contributed by atoms with E-state index in [0.717, 1.165) is 31.6 Å². The van der Waals surface area contributed by atoms with Gasteiger partial charge in [-0.2, -0.15) is 0 Å². The van der Waals surface area contributed by atoms with Crippen LogP contribution in [0.15, 0.2) is 46.0 Å². The van der Waals surface area contributed by atoms with E-state index in [1.165, 1.54) is 9.13 Å². The van der Waals surface area contributed by atoms with E-state index in [1.54, 1.807) is 44.4 Å². The number of benzene rings is 2. The van der Waals surface area contributed by atoms with Gasteiger partial charge in [0.25, 0.3) is 5.91 Å². The van der Waals surface area contributed by atoms with Gasteiger partial charge in [-0.3, -0.25) is 14.4 Å². The normalized spacial score (nSPS) is 13.8. The van der Waals surface area contributed by atoms with Crippen molar-refractivity contribution in [1.82, 2.24) is 9.13 Å². The monoisotopic (exact) mass is 412 g/mol. The molecule has 0 radical (unpaired) electrons. The number of aromatic nitrogens is 2. The van der Waals surface area contributed by atoms with Crippen molar-refractivity contribution in [3.8, 4) is 0 Å². The van der Waals surface area contributed by atoms with Gasteiger partial charge in [-0.15, -0.1) is 0 Å². The lowest BCUT2D eigenvalue weighted by Gasteiger charge is -2.23. The molecule has 1 N–H and O–H groups in total. The van der Waals surface area contributed by atoms with Gasteiger partial charge in [0.15, 0.2) is 0 Å². The summed E-state index contributed by atoms with van der Waals surface area (Å²) in [6, 6.07) is 10.3. The Bertz CT molecular complexity index is 1220. The molecule has 8 heteroatoms. The highest BCUT2D eigenvalue weighted by atomic mass is 35.5. The van der Waals surface area contributed by atoms with Crippen molar-refractivity contribution in [3.05, 3.63) is 67.7 Å². The first-order valence-electron chi connectivity index (χ1n) is 9.42. The fourth-order valence-electron chi connectivity index (χ4n) is 3.72. The van der Waals surface area contributed by atoms with E-state index < -0.39 is 11.1 Å². The SMILES string of the molecule is Cn1c(=O)c(=O)n(C)c2cc(N3CCCC3)c(NC(=O)c3ccc(Cl)cc3)cc21. The van der Waals surface area contributed by atoms with Gasteiger partial charge in [0, 0.05) is 37.8 Å². The number of hydrogen-bond donors (Lipinski definition) is 1. The summed E-state index contributed by atoms with van der Waals surface area (Å²) < 4.78 is 2.69. The predicted molar refractivity (Wildman–Crippen MR) is 115 cm³/mol. The molecule has 0 spiro atoms. The van der Waals surface area contributed by atoms with E-state index in [0.29, 0.717) is 27.3 Å². The van der Waals surface area contributed by atoms with Gasteiger partial charge < -0.3 is 19.4 Å². The zero-order chi connectivity index (χ0) is 20.7. The number of aryl methyl sites for hydroxylation is 2. The highest BCUT2D eigenvalue weighted by molar-refractivity contribution is 6.30. The lowest BCUT2D eigenvalue weighted by molar-refractivity contribution is 0.102. The van der Waals surface area contributed by atoms with Gasteiger partial charge in [0.2, 0.25) is 0 Å². The zero-order valence-corrected chi connectivity index (χ0v) is 17.0. The van der Waals surface area contributed by atoms with Crippen LogP contribution in [0.5, 0.6) is 0 Å². The summed E-state index contributed by atoms with van der Waals surface area (Å²) in [6.45, 7) is 1.74. The average molecular weight is 413 g/mol. The lowest BCUT2D eigenvalue weighted by atomic mass is 10.1. The number of anilines is 2. The van der Waals surface area contributed by atoms with Crippen LogP contribution in [0.4, 0.5) is 11.4 Å². The number of amides is 1. The summed E-state index contributed by atoms with van der Waals surface area (Å²) >= 11 is 5.91. The van der Waals surface area contributed by atoms with E-state index in [9.17, 15) is 14.4 Å². The third-order valence-electron chi connectivity index (χ3n) is 5.41. The predicted octanol–water partition coefficient (Wildman–Crippen LogP) is 2.74. The summed E-state index contributed by atoms with van der Waals surface area (Å²) in [7, 11) is 3.15. The fraction of sp³-hybridized carbons (Fsp3) is 0.286. The molecule has 0 atom stereocenters. The van der Waals surface area contributed by atoms with Crippen LogP contribution < -0.4 is 21.3 Å². The third kappa shape index (κ3) is 3.42. The van der Waals surface area contributed by atoms with Crippen LogP contribution in [0.3, 0.4) is 0 Å². The molecular formula is C21H21ClN4O3. The molecule has 1 saturated heterocycles. The molecule has 3 aromatic rings. The molecule has 150 valence electrons. The molecule has 2 heterocycles.